The number of ether oxygens (including phenoxy) is 1. The molecule has 0 N–H and O–H groups in total. The van der Waals surface area contributed by atoms with Crippen molar-refractivity contribution in [2.45, 2.75) is 11.8 Å². The van der Waals surface area contributed by atoms with Crippen LogP contribution in [0.15, 0.2) is 35.5 Å². The topological polar surface area (TPSA) is 35.0 Å². The Hall–Kier alpha value is -1.33. The third-order valence-electron chi connectivity index (χ3n) is 2.17. The second-order valence-corrected chi connectivity index (χ2v) is 4.56. The second-order valence-electron chi connectivity index (χ2n) is 3.40. The average molecular weight is 285 g/mol. The third-order valence-corrected chi connectivity index (χ3v) is 2.91. The van der Waals surface area contributed by atoms with E-state index in [9.17, 15) is 4.39 Å². The van der Waals surface area contributed by atoms with Crippen LogP contribution < -0.4 is 4.74 Å². The molecule has 0 bridgehead atoms. The van der Waals surface area contributed by atoms with E-state index in [0.717, 1.165) is 0 Å². The molecule has 0 atom stereocenters. The summed E-state index contributed by atoms with van der Waals surface area (Å²) >= 11 is 7.18. The lowest BCUT2D eigenvalue weighted by molar-refractivity contribution is 0.285. The Morgan fingerprint density at radius 3 is 2.83 bits per heavy atom. The van der Waals surface area contributed by atoms with Crippen LogP contribution in [0.1, 0.15) is 5.56 Å². The summed E-state index contributed by atoms with van der Waals surface area (Å²) in [5, 5.41) is 0.823. The molecule has 0 fully saturated rings. The molecule has 2 aromatic rings. The molecule has 1 aromatic heterocycles. The zero-order chi connectivity index (χ0) is 13.0. The Morgan fingerprint density at radius 1 is 1.33 bits per heavy atom. The van der Waals surface area contributed by atoms with Gasteiger partial charge in [0.15, 0.2) is 5.16 Å². The van der Waals surface area contributed by atoms with E-state index < -0.39 is 0 Å². The van der Waals surface area contributed by atoms with Crippen molar-refractivity contribution in [2.24, 2.45) is 0 Å². The highest BCUT2D eigenvalue weighted by Crippen LogP contribution is 2.20. The van der Waals surface area contributed by atoms with Crippen molar-refractivity contribution in [2.75, 3.05) is 6.26 Å². The molecular formula is C12H10ClFN2OS. The van der Waals surface area contributed by atoms with Crippen molar-refractivity contribution >= 4 is 23.4 Å². The van der Waals surface area contributed by atoms with E-state index in [0.29, 0.717) is 21.8 Å². The van der Waals surface area contributed by atoms with Gasteiger partial charge in [-0.25, -0.2) is 9.37 Å². The summed E-state index contributed by atoms with van der Waals surface area (Å²) in [5.74, 6) is 0.0327. The maximum Gasteiger partial charge on any atom is 0.219 e. The number of benzene rings is 1. The summed E-state index contributed by atoms with van der Waals surface area (Å²) in [6.07, 6.45) is 1.84. The van der Waals surface area contributed by atoms with Gasteiger partial charge in [-0.3, -0.25) is 0 Å². The van der Waals surface area contributed by atoms with E-state index in [-0.39, 0.29) is 12.4 Å². The molecule has 2 rings (SSSR count). The maximum atomic E-state index is 13.4. The quantitative estimate of drug-likeness (QED) is 0.488. The largest absolute Gasteiger partial charge is 0.473 e. The number of nitrogens with zero attached hydrogens (tertiary/aromatic N) is 2. The fourth-order valence-electron chi connectivity index (χ4n) is 1.31. The van der Waals surface area contributed by atoms with Gasteiger partial charge in [0, 0.05) is 11.6 Å². The van der Waals surface area contributed by atoms with Crippen molar-refractivity contribution in [1.82, 2.24) is 9.97 Å². The first kappa shape index (κ1) is 13.1. The van der Waals surface area contributed by atoms with Gasteiger partial charge in [-0.15, -0.1) is 0 Å². The number of halogens is 2. The first-order chi connectivity index (χ1) is 8.69. The Balaban J connectivity index is 2.11. The van der Waals surface area contributed by atoms with Crippen molar-refractivity contribution in [1.29, 1.82) is 0 Å². The number of hydrogen-bond donors (Lipinski definition) is 0. The average Bonchev–Trinajstić information content (AvgIpc) is 2.37. The van der Waals surface area contributed by atoms with Crippen LogP contribution in [-0.2, 0) is 6.61 Å². The molecule has 6 heteroatoms. The molecule has 0 radical (unpaired) electrons. The number of aromatic nitrogens is 2. The van der Waals surface area contributed by atoms with Crippen LogP contribution in [-0.4, -0.2) is 16.2 Å². The SMILES string of the molecule is CSc1nc(Cl)cc(OCc2ccccc2F)n1. The predicted molar refractivity (Wildman–Crippen MR) is 69.6 cm³/mol. The summed E-state index contributed by atoms with van der Waals surface area (Å²) in [7, 11) is 0. The molecular weight excluding hydrogens is 275 g/mol. The van der Waals surface area contributed by atoms with Crippen molar-refractivity contribution < 1.29 is 9.13 Å². The van der Waals surface area contributed by atoms with E-state index in [1.807, 2.05) is 6.26 Å². The molecule has 0 unspecified atom stereocenters. The van der Waals surface area contributed by atoms with Crippen LogP contribution in [0.4, 0.5) is 4.39 Å². The molecule has 3 nitrogen and oxygen atoms in total. The van der Waals surface area contributed by atoms with Crippen LogP contribution in [0.2, 0.25) is 5.15 Å². The van der Waals surface area contributed by atoms with Crippen LogP contribution in [0.25, 0.3) is 0 Å². The maximum absolute atomic E-state index is 13.4. The Morgan fingerprint density at radius 2 is 2.11 bits per heavy atom. The smallest absolute Gasteiger partial charge is 0.219 e. The molecule has 0 aliphatic rings. The van der Waals surface area contributed by atoms with E-state index >= 15 is 0 Å². The summed E-state index contributed by atoms with van der Waals surface area (Å²) < 4.78 is 18.8. The molecule has 94 valence electrons. The summed E-state index contributed by atoms with van der Waals surface area (Å²) in [4.78, 5) is 8.11. The standard InChI is InChI=1S/C12H10ClFN2OS/c1-18-12-15-10(13)6-11(16-12)17-7-8-4-2-3-5-9(8)14/h2-6H,7H2,1H3. The minimum Gasteiger partial charge on any atom is -0.473 e. The molecule has 0 aliphatic heterocycles. The summed E-state index contributed by atoms with van der Waals surface area (Å²) in [5.41, 5.74) is 0.470. The van der Waals surface area contributed by atoms with E-state index in [2.05, 4.69) is 9.97 Å². The van der Waals surface area contributed by atoms with Gasteiger partial charge in [0.1, 0.15) is 17.6 Å². The molecule has 0 saturated carbocycles. The zero-order valence-electron chi connectivity index (χ0n) is 9.56. The predicted octanol–water partition coefficient (Wildman–Crippen LogP) is 3.57. The van der Waals surface area contributed by atoms with Crippen LogP contribution in [0, 0.1) is 5.82 Å². The number of rotatable bonds is 4. The van der Waals surface area contributed by atoms with Gasteiger partial charge in [0.2, 0.25) is 5.88 Å². The van der Waals surface area contributed by atoms with Crippen molar-refractivity contribution in [3.05, 3.63) is 46.9 Å². The molecule has 0 spiro atoms. The Labute approximate surface area is 113 Å². The summed E-state index contributed by atoms with van der Waals surface area (Å²) in [6.45, 7) is 0.105. The highest BCUT2D eigenvalue weighted by Gasteiger charge is 2.06. The monoisotopic (exact) mass is 284 g/mol. The minimum atomic E-state index is -0.303. The molecule has 1 aromatic carbocycles. The van der Waals surface area contributed by atoms with Gasteiger partial charge in [0.05, 0.1) is 0 Å². The van der Waals surface area contributed by atoms with Gasteiger partial charge >= 0.3 is 0 Å². The van der Waals surface area contributed by atoms with Crippen LogP contribution >= 0.6 is 23.4 Å². The first-order valence-corrected chi connectivity index (χ1v) is 6.74. The first-order valence-electron chi connectivity index (χ1n) is 5.14. The van der Waals surface area contributed by atoms with Gasteiger partial charge in [0.25, 0.3) is 0 Å². The van der Waals surface area contributed by atoms with Gasteiger partial charge < -0.3 is 4.74 Å². The van der Waals surface area contributed by atoms with Crippen molar-refractivity contribution in [3.63, 3.8) is 0 Å². The lowest BCUT2D eigenvalue weighted by Gasteiger charge is -2.07. The lowest BCUT2D eigenvalue weighted by atomic mass is 10.2. The molecule has 0 aliphatic carbocycles. The highest BCUT2D eigenvalue weighted by atomic mass is 35.5. The fourth-order valence-corrected chi connectivity index (χ4v) is 1.90. The number of thioether (sulfide) groups is 1. The second kappa shape index (κ2) is 6.02. The lowest BCUT2D eigenvalue weighted by Crippen LogP contribution is -2.01. The fraction of sp³-hybridized carbons (Fsp3) is 0.167. The van der Waals surface area contributed by atoms with E-state index in [4.69, 9.17) is 16.3 Å². The minimum absolute atomic E-state index is 0.105. The van der Waals surface area contributed by atoms with Crippen LogP contribution in [0.5, 0.6) is 5.88 Å². The Bertz CT molecular complexity index is 553. The molecule has 18 heavy (non-hydrogen) atoms. The molecule has 0 amide bonds. The van der Waals surface area contributed by atoms with Crippen LogP contribution in [0.3, 0.4) is 0 Å². The molecule has 0 saturated heterocycles. The Kier molecular flexibility index (Phi) is 4.38. The third kappa shape index (κ3) is 3.34. The summed E-state index contributed by atoms with van der Waals surface area (Å²) in [6, 6.07) is 7.93. The van der Waals surface area contributed by atoms with Gasteiger partial charge in [-0.05, 0) is 12.3 Å². The van der Waals surface area contributed by atoms with E-state index in [1.165, 1.54) is 23.9 Å². The zero-order valence-corrected chi connectivity index (χ0v) is 11.1. The van der Waals surface area contributed by atoms with Crippen molar-refractivity contribution in [3.8, 4) is 5.88 Å². The van der Waals surface area contributed by atoms with Gasteiger partial charge in [-0.2, -0.15) is 4.98 Å². The molecule has 1 heterocycles. The van der Waals surface area contributed by atoms with E-state index in [1.54, 1.807) is 18.2 Å². The number of hydrogen-bond acceptors (Lipinski definition) is 4. The highest BCUT2D eigenvalue weighted by molar-refractivity contribution is 7.98. The van der Waals surface area contributed by atoms with Gasteiger partial charge in [-0.1, -0.05) is 41.6 Å². The normalized spacial score (nSPS) is 10.4.